The van der Waals surface area contributed by atoms with Crippen molar-refractivity contribution in [2.75, 3.05) is 7.11 Å². The van der Waals surface area contributed by atoms with Crippen molar-refractivity contribution in [3.63, 3.8) is 0 Å². The Hall–Kier alpha value is -1.58. The van der Waals surface area contributed by atoms with E-state index >= 15 is 0 Å². The van der Waals surface area contributed by atoms with Gasteiger partial charge in [0.1, 0.15) is 5.76 Å². The molecule has 0 aromatic heterocycles. The molecule has 0 fully saturated rings. The standard InChI is InChI=1S/C11H12O4/c1-14-10(12)6-9-7-4-2-3-5-8(7)11(13)15-9/h6H,2-5H2,1H3. The monoisotopic (exact) mass is 208 g/mol. The average Bonchev–Trinajstić information content (AvgIpc) is 2.57. The Morgan fingerprint density at radius 3 is 2.67 bits per heavy atom. The molecule has 0 N–H and O–H groups in total. The van der Waals surface area contributed by atoms with Gasteiger partial charge in [-0.05, 0) is 25.7 Å². The summed E-state index contributed by atoms with van der Waals surface area (Å²) in [6.45, 7) is 0. The zero-order valence-electron chi connectivity index (χ0n) is 8.54. The maximum absolute atomic E-state index is 11.4. The van der Waals surface area contributed by atoms with Crippen LogP contribution in [0.3, 0.4) is 0 Å². The summed E-state index contributed by atoms with van der Waals surface area (Å²) in [5.74, 6) is -0.418. The molecule has 0 saturated heterocycles. The molecule has 0 radical (unpaired) electrons. The van der Waals surface area contributed by atoms with Crippen molar-refractivity contribution in [3.05, 3.63) is 23.0 Å². The summed E-state index contributed by atoms with van der Waals surface area (Å²) >= 11 is 0. The molecule has 4 nitrogen and oxygen atoms in total. The van der Waals surface area contributed by atoms with Gasteiger partial charge in [0.15, 0.2) is 0 Å². The number of esters is 2. The quantitative estimate of drug-likeness (QED) is 0.483. The van der Waals surface area contributed by atoms with E-state index in [-0.39, 0.29) is 5.97 Å². The second-order valence-electron chi connectivity index (χ2n) is 3.59. The molecule has 80 valence electrons. The normalized spacial score (nSPS) is 22.7. The van der Waals surface area contributed by atoms with Crippen LogP contribution < -0.4 is 0 Å². The molecule has 0 aromatic rings. The molecule has 1 aliphatic heterocycles. The number of rotatable bonds is 1. The number of carbonyl (C=O) groups excluding carboxylic acids is 2. The lowest BCUT2D eigenvalue weighted by Crippen LogP contribution is -2.01. The van der Waals surface area contributed by atoms with Gasteiger partial charge >= 0.3 is 11.9 Å². The van der Waals surface area contributed by atoms with E-state index in [0.29, 0.717) is 5.76 Å². The van der Waals surface area contributed by atoms with E-state index in [1.54, 1.807) is 0 Å². The Labute approximate surface area is 87.5 Å². The Balaban J connectivity index is 2.30. The smallest absolute Gasteiger partial charge is 0.339 e. The average molecular weight is 208 g/mol. The zero-order chi connectivity index (χ0) is 10.8. The number of ether oxygens (including phenoxy) is 2. The maximum Gasteiger partial charge on any atom is 0.339 e. The molecule has 1 aliphatic carbocycles. The van der Waals surface area contributed by atoms with Gasteiger partial charge in [-0.2, -0.15) is 0 Å². The fourth-order valence-electron chi connectivity index (χ4n) is 1.91. The van der Waals surface area contributed by atoms with Gasteiger partial charge in [-0.1, -0.05) is 0 Å². The Morgan fingerprint density at radius 1 is 1.33 bits per heavy atom. The van der Waals surface area contributed by atoms with Gasteiger partial charge in [-0.15, -0.1) is 0 Å². The number of methoxy groups -OCH3 is 1. The summed E-state index contributed by atoms with van der Waals surface area (Å²) in [6.07, 6.45) is 4.86. The van der Waals surface area contributed by atoms with Crippen molar-refractivity contribution in [3.8, 4) is 0 Å². The number of allylic oxidation sites excluding steroid dienone is 1. The first-order valence-electron chi connectivity index (χ1n) is 4.96. The summed E-state index contributed by atoms with van der Waals surface area (Å²) < 4.78 is 9.53. The van der Waals surface area contributed by atoms with Gasteiger partial charge < -0.3 is 9.47 Å². The SMILES string of the molecule is COC(=O)C=C1OC(=O)C2=C1CCCC2. The molecule has 4 heteroatoms. The van der Waals surface area contributed by atoms with E-state index in [4.69, 9.17) is 4.74 Å². The first-order chi connectivity index (χ1) is 7.22. The number of hydrogen-bond acceptors (Lipinski definition) is 4. The predicted molar refractivity (Wildman–Crippen MR) is 51.7 cm³/mol. The molecular formula is C11H12O4. The molecule has 0 atom stereocenters. The highest BCUT2D eigenvalue weighted by molar-refractivity contribution is 5.96. The predicted octanol–water partition coefficient (Wildman–Crippen LogP) is 1.47. The molecule has 0 spiro atoms. The van der Waals surface area contributed by atoms with Crippen molar-refractivity contribution in [2.24, 2.45) is 0 Å². The first kappa shape index (κ1) is 9.96. The van der Waals surface area contributed by atoms with Crippen molar-refractivity contribution in [1.29, 1.82) is 0 Å². The van der Waals surface area contributed by atoms with E-state index in [1.807, 2.05) is 0 Å². The number of cyclic esters (lactones) is 1. The maximum atomic E-state index is 11.4. The highest BCUT2D eigenvalue weighted by atomic mass is 16.5. The van der Waals surface area contributed by atoms with Gasteiger partial charge in [0.05, 0.1) is 13.2 Å². The van der Waals surface area contributed by atoms with E-state index < -0.39 is 5.97 Å². The molecular weight excluding hydrogens is 196 g/mol. The minimum Gasteiger partial charge on any atom is -0.466 e. The van der Waals surface area contributed by atoms with Crippen molar-refractivity contribution >= 4 is 11.9 Å². The van der Waals surface area contributed by atoms with E-state index in [2.05, 4.69) is 4.74 Å². The lowest BCUT2D eigenvalue weighted by molar-refractivity contribution is -0.135. The molecule has 15 heavy (non-hydrogen) atoms. The van der Waals surface area contributed by atoms with Crippen LogP contribution in [0.1, 0.15) is 25.7 Å². The molecule has 0 saturated carbocycles. The van der Waals surface area contributed by atoms with Crippen LogP contribution in [0.4, 0.5) is 0 Å². The molecule has 2 rings (SSSR count). The minimum absolute atomic E-state index is 0.306. The third-order valence-electron chi connectivity index (χ3n) is 2.66. The van der Waals surface area contributed by atoms with Crippen LogP contribution >= 0.6 is 0 Å². The molecule has 0 unspecified atom stereocenters. The van der Waals surface area contributed by atoms with E-state index in [1.165, 1.54) is 13.2 Å². The Morgan fingerprint density at radius 2 is 2.00 bits per heavy atom. The second-order valence-corrected chi connectivity index (χ2v) is 3.59. The van der Waals surface area contributed by atoms with Crippen LogP contribution in [0.25, 0.3) is 0 Å². The number of carbonyl (C=O) groups is 2. The van der Waals surface area contributed by atoms with Gasteiger partial charge in [0.2, 0.25) is 0 Å². The van der Waals surface area contributed by atoms with Gasteiger partial charge in [-0.25, -0.2) is 9.59 Å². The largest absolute Gasteiger partial charge is 0.466 e. The third kappa shape index (κ3) is 1.79. The van der Waals surface area contributed by atoms with Crippen LogP contribution in [0.2, 0.25) is 0 Å². The Kier molecular flexibility index (Phi) is 2.58. The fraction of sp³-hybridized carbons (Fsp3) is 0.455. The van der Waals surface area contributed by atoms with Gasteiger partial charge in [-0.3, -0.25) is 0 Å². The molecule has 0 bridgehead atoms. The highest BCUT2D eigenvalue weighted by Gasteiger charge is 2.31. The van der Waals surface area contributed by atoms with Crippen LogP contribution in [0.15, 0.2) is 23.0 Å². The summed E-state index contributed by atoms with van der Waals surface area (Å²) in [4.78, 5) is 22.5. The molecule has 2 aliphatic rings. The van der Waals surface area contributed by atoms with Crippen molar-refractivity contribution < 1.29 is 19.1 Å². The third-order valence-corrected chi connectivity index (χ3v) is 2.66. The number of hydrogen-bond donors (Lipinski definition) is 0. The Bertz CT molecular complexity index is 376. The van der Waals surface area contributed by atoms with Crippen LogP contribution in [0.5, 0.6) is 0 Å². The van der Waals surface area contributed by atoms with Crippen molar-refractivity contribution in [1.82, 2.24) is 0 Å². The summed E-state index contributed by atoms with van der Waals surface area (Å²) in [6, 6.07) is 0. The highest BCUT2D eigenvalue weighted by Crippen LogP contribution is 2.36. The molecule has 1 heterocycles. The topological polar surface area (TPSA) is 52.6 Å². The lowest BCUT2D eigenvalue weighted by Gasteiger charge is -2.09. The van der Waals surface area contributed by atoms with Crippen LogP contribution in [0, 0.1) is 0 Å². The minimum atomic E-state index is -0.489. The van der Waals surface area contributed by atoms with E-state index in [0.717, 1.165) is 36.8 Å². The molecule has 0 amide bonds. The van der Waals surface area contributed by atoms with Crippen LogP contribution in [-0.2, 0) is 19.1 Å². The van der Waals surface area contributed by atoms with Crippen LogP contribution in [-0.4, -0.2) is 19.0 Å². The van der Waals surface area contributed by atoms with Crippen molar-refractivity contribution in [2.45, 2.75) is 25.7 Å². The zero-order valence-corrected chi connectivity index (χ0v) is 8.54. The summed E-state index contributed by atoms with van der Waals surface area (Å²) in [5.41, 5.74) is 1.62. The molecule has 0 aromatic carbocycles. The van der Waals surface area contributed by atoms with Gasteiger partial charge in [0, 0.05) is 11.1 Å². The first-order valence-corrected chi connectivity index (χ1v) is 4.96. The lowest BCUT2D eigenvalue weighted by atomic mass is 9.92. The fourth-order valence-corrected chi connectivity index (χ4v) is 1.91. The summed E-state index contributed by atoms with van der Waals surface area (Å²) in [7, 11) is 1.30. The van der Waals surface area contributed by atoms with Gasteiger partial charge in [0.25, 0.3) is 0 Å². The van der Waals surface area contributed by atoms with E-state index in [9.17, 15) is 9.59 Å². The second kappa shape index (κ2) is 3.88. The summed E-state index contributed by atoms with van der Waals surface area (Å²) in [5, 5.41) is 0.